The number of aromatic nitrogens is 6. The zero-order chi connectivity index (χ0) is 29.6. The number of fused-ring (bicyclic) bond motifs is 1. The van der Waals surface area contributed by atoms with E-state index in [0.29, 0.717) is 73.3 Å². The van der Waals surface area contributed by atoms with Crippen molar-refractivity contribution in [3.63, 3.8) is 0 Å². The molecule has 218 valence electrons. The van der Waals surface area contributed by atoms with E-state index in [0.717, 1.165) is 16.9 Å². The maximum atomic E-state index is 12.7. The van der Waals surface area contributed by atoms with Crippen molar-refractivity contribution < 1.29 is 14.3 Å². The third-order valence-electron chi connectivity index (χ3n) is 6.96. The molecular weight excluding hydrogens is 548 g/mol. The van der Waals surface area contributed by atoms with Crippen LogP contribution < -0.4 is 20.9 Å². The number of nitrogens with zero attached hydrogens (tertiary/aromatic N) is 7. The van der Waals surface area contributed by atoms with Crippen molar-refractivity contribution >= 4 is 40.3 Å². The van der Waals surface area contributed by atoms with Crippen LogP contribution in [0.25, 0.3) is 22.6 Å². The van der Waals surface area contributed by atoms with Gasteiger partial charge in [-0.05, 0) is 73.2 Å². The first-order valence-corrected chi connectivity index (χ1v) is 14.0. The molecular formula is C30H30N10O3. The van der Waals surface area contributed by atoms with E-state index >= 15 is 0 Å². The van der Waals surface area contributed by atoms with Gasteiger partial charge in [0.2, 0.25) is 0 Å². The number of nitrogens with one attached hydrogen (secondary N) is 3. The lowest BCUT2D eigenvalue weighted by atomic mass is 10.2. The fraction of sp³-hybridized carbons (Fsp3) is 0.233. The standard InChI is InChI=1S/C30H30N10O3/c1-2-40-28-25(37-38-40)27(39-15-17-43-18-16-39)35-26(36-28)21-3-7-23(8-4-21)33-30(42)34-24-9-5-22(6-10-24)29(41)32-19-20-11-13-31-14-12-20/h3-14H,2,15-19H2,1H3,(H,32,41)(H2,33,34,42). The Bertz CT molecular complexity index is 1720. The molecule has 3 aromatic heterocycles. The molecule has 0 bridgehead atoms. The Morgan fingerprint density at radius 2 is 1.56 bits per heavy atom. The van der Waals surface area contributed by atoms with Gasteiger partial charge in [0, 0.05) is 61.1 Å². The lowest BCUT2D eigenvalue weighted by Gasteiger charge is -2.27. The van der Waals surface area contributed by atoms with Gasteiger partial charge in [-0.2, -0.15) is 0 Å². The normalized spacial score (nSPS) is 13.1. The molecule has 3 amide bonds. The summed E-state index contributed by atoms with van der Waals surface area (Å²) in [7, 11) is 0. The highest BCUT2D eigenvalue weighted by atomic mass is 16.5. The Labute approximate surface area is 247 Å². The van der Waals surface area contributed by atoms with Gasteiger partial charge < -0.3 is 25.6 Å². The first kappa shape index (κ1) is 27.7. The van der Waals surface area contributed by atoms with E-state index < -0.39 is 6.03 Å². The average molecular weight is 579 g/mol. The van der Waals surface area contributed by atoms with Crippen LogP contribution >= 0.6 is 0 Å². The minimum absolute atomic E-state index is 0.205. The predicted molar refractivity (Wildman–Crippen MR) is 162 cm³/mol. The summed E-state index contributed by atoms with van der Waals surface area (Å²) in [5.41, 5.74) is 4.74. The fourth-order valence-electron chi connectivity index (χ4n) is 4.67. The summed E-state index contributed by atoms with van der Waals surface area (Å²) in [4.78, 5) is 40.8. The summed E-state index contributed by atoms with van der Waals surface area (Å²) in [5, 5.41) is 17.1. The highest BCUT2D eigenvalue weighted by molar-refractivity contribution is 6.00. The van der Waals surface area contributed by atoms with E-state index in [-0.39, 0.29) is 5.91 Å². The van der Waals surface area contributed by atoms with E-state index in [9.17, 15) is 9.59 Å². The quantitative estimate of drug-likeness (QED) is 0.250. The van der Waals surface area contributed by atoms with Crippen molar-refractivity contribution in [3.8, 4) is 11.4 Å². The van der Waals surface area contributed by atoms with E-state index in [2.05, 4.69) is 36.1 Å². The second-order valence-electron chi connectivity index (χ2n) is 9.82. The molecule has 4 heterocycles. The third-order valence-corrected chi connectivity index (χ3v) is 6.96. The smallest absolute Gasteiger partial charge is 0.323 e. The van der Waals surface area contributed by atoms with Crippen molar-refractivity contribution in [1.82, 2.24) is 35.3 Å². The number of morpholine rings is 1. The average Bonchev–Trinajstić information content (AvgIpc) is 3.48. The Morgan fingerprint density at radius 3 is 2.23 bits per heavy atom. The van der Waals surface area contributed by atoms with Gasteiger partial charge in [-0.15, -0.1) is 5.10 Å². The van der Waals surface area contributed by atoms with Gasteiger partial charge in [-0.3, -0.25) is 9.78 Å². The van der Waals surface area contributed by atoms with Gasteiger partial charge in [0.1, 0.15) is 0 Å². The molecule has 5 aromatic rings. The van der Waals surface area contributed by atoms with Crippen molar-refractivity contribution in [2.45, 2.75) is 20.0 Å². The number of hydrogen-bond acceptors (Lipinski definition) is 9. The van der Waals surface area contributed by atoms with Crippen molar-refractivity contribution in [1.29, 1.82) is 0 Å². The minimum Gasteiger partial charge on any atom is -0.378 e. The van der Waals surface area contributed by atoms with Gasteiger partial charge in [0.15, 0.2) is 22.8 Å². The number of anilines is 3. The molecule has 0 radical (unpaired) electrons. The molecule has 1 fully saturated rings. The maximum Gasteiger partial charge on any atom is 0.323 e. The van der Waals surface area contributed by atoms with Crippen LogP contribution in [-0.2, 0) is 17.8 Å². The van der Waals surface area contributed by atoms with Crippen molar-refractivity contribution in [3.05, 3.63) is 84.2 Å². The molecule has 0 spiro atoms. The maximum absolute atomic E-state index is 12.7. The monoisotopic (exact) mass is 578 g/mol. The first-order chi connectivity index (χ1) is 21.1. The number of carbonyl (C=O) groups excluding carboxylic acids is 2. The summed E-state index contributed by atoms with van der Waals surface area (Å²) in [5.74, 6) is 1.08. The molecule has 13 heteroatoms. The Balaban J connectivity index is 1.10. The van der Waals surface area contributed by atoms with E-state index in [1.165, 1.54) is 0 Å². The molecule has 13 nitrogen and oxygen atoms in total. The van der Waals surface area contributed by atoms with Crippen LogP contribution in [0.1, 0.15) is 22.8 Å². The number of aryl methyl sites for hydroxylation is 1. The number of rotatable bonds is 8. The van der Waals surface area contributed by atoms with E-state index in [1.54, 1.807) is 53.5 Å². The van der Waals surface area contributed by atoms with Gasteiger partial charge in [-0.25, -0.2) is 19.4 Å². The highest BCUT2D eigenvalue weighted by Crippen LogP contribution is 2.27. The van der Waals surface area contributed by atoms with Gasteiger partial charge in [-0.1, -0.05) is 5.21 Å². The summed E-state index contributed by atoms with van der Waals surface area (Å²) in [6.45, 7) is 5.70. The summed E-state index contributed by atoms with van der Waals surface area (Å²) < 4.78 is 7.27. The van der Waals surface area contributed by atoms with Gasteiger partial charge in [0.25, 0.3) is 5.91 Å². The lowest BCUT2D eigenvalue weighted by Crippen LogP contribution is -2.37. The fourth-order valence-corrected chi connectivity index (χ4v) is 4.67. The van der Waals surface area contributed by atoms with Gasteiger partial charge >= 0.3 is 6.03 Å². The Morgan fingerprint density at radius 1 is 0.884 bits per heavy atom. The number of amides is 3. The van der Waals surface area contributed by atoms with Crippen LogP contribution in [0.15, 0.2) is 73.1 Å². The molecule has 3 N–H and O–H groups in total. The Hall–Kier alpha value is -5.43. The third kappa shape index (κ3) is 6.41. The molecule has 0 aliphatic carbocycles. The van der Waals surface area contributed by atoms with Crippen LogP contribution in [0.2, 0.25) is 0 Å². The summed E-state index contributed by atoms with van der Waals surface area (Å²) in [6, 6.07) is 17.3. The molecule has 1 aliphatic rings. The number of ether oxygens (including phenoxy) is 1. The van der Waals surface area contributed by atoms with E-state index in [1.807, 2.05) is 31.2 Å². The van der Waals surface area contributed by atoms with Gasteiger partial charge in [0.05, 0.1) is 13.2 Å². The summed E-state index contributed by atoms with van der Waals surface area (Å²) >= 11 is 0. The number of benzene rings is 2. The molecule has 0 unspecified atom stereocenters. The molecule has 0 atom stereocenters. The van der Waals surface area contributed by atoms with Crippen LogP contribution in [-0.4, -0.2) is 68.2 Å². The zero-order valence-corrected chi connectivity index (χ0v) is 23.5. The Kier molecular flexibility index (Phi) is 8.13. The molecule has 1 aliphatic heterocycles. The largest absolute Gasteiger partial charge is 0.378 e. The van der Waals surface area contributed by atoms with Crippen LogP contribution in [0.5, 0.6) is 0 Å². The number of hydrogen-bond donors (Lipinski definition) is 3. The molecule has 43 heavy (non-hydrogen) atoms. The number of urea groups is 1. The van der Waals surface area contributed by atoms with Crippen molar-refractivity contribution in [2.75, 3.05) is 41.8 Å². The lowest BCUT2D eigenvalue weighted by molar-refractivity contribution is 0.0951. The number of pyridine rings is 1. The topological polar surface area (TPSA) is 152 Å². The molecule has 1 saturated heterocycles. The molecule has 2 aromatic carbocycles. The SMILES string of the molecule is CCn1nnc2c(N3CCOCC3)nc(-c3ccc(NC(=O)Nc4ccc(C(=O)NCc5ccncc5)cc4)cc3)nc21. The minimum atomic E-state index is -0.409. The van der Waals surface area contributed by atoms with Crippen LogP contribution in [0.4, 0.5) is 22.0 Å². The van der Waals surface area contributed by atoms with E-state index in [4.69, 9.17) is 14.7 Å². The molecule has 0 saturated carbocycles. The second-order valence-corrected chi connectivity index (χ2v) is 9.82. The zero-order valence-electron chi connectivity index (χ0n) is 23.5. The van der Waals surface area contributed by atoms with Crippen LogP contribution in [0, 0.1) is 0 Å². The first-order valence-electron chi connectivity index (χ1n) is 14.0. The second kappa shape index (κ2) is 12.6. The summed E-state index contributed by atoms with van der Waals surface area (Å²) in [6.07, 6.45) is 3.36. The predicted octanol–water partition coefficient (Wildman–Crippen LogP) is 3.71. The van der Waals surface area contributed by atoms with Crippen LogP contribution in [0.3, 0.4) is 0 Å². The van der Waals surface area contributed by atoms with Crippen molar-refractivity contribution in [2.24, 2.45) is 0 Å². The highest BCUT2D eigenvalue weighted by Gasteiger charge is 2.21. The number of carbonyl (C=O) groups is 2. The molecule has 6 rings (SSSR count).